The lowest BCUT2D eigenvalue weighted by Gasteiger charge is -2.03. The van der Waals surface area contributed by atoms with Gasteiger partial charge in [0.15, 0.2) is 0 Å². The molecule has 0 spiro atoms. The van der Waals surface area contributed by atoms with E-state index in [0.717, 1.165) is 6.54 Å². The normalized spacial score (nSPS) is 11.1. The molecule has 0 aliphatic heterocycles. The van der Waals surface area contributed by atoms with E-state index in [4.69, 9.17) is 5.73 Å². The minimum absolute atomic E-state index is 0.595. The van der Waals surface area contributed by atoms with Gasteiger partial charge in [-0.25, -0.2) is 0 Å². The molecule has 3 heteroatoms. The number of rotatable bonds is 3. The smallest absolute Gasteiger partial charge is 0.0484 e. The molecule has 2 rings (SSSR count). The number of hydrogen-bond donors (Lipinski definition) is 2. The third kappa shape index (κ3) is 1.64. The first-order chi connectivity index (χ1) is 7.27. The Hall–Kier alpha value is -1.32. The highest BCUT2D eigenvalue weighted by molar-refractivity contribution is 5.87. The van der Waals surface area contributed by atoms with Crippen molar-refractivity contribution in [2.24, 2.45) is 12.8 Å². The minimum atomic E-state index is 0.595. The van der Waals surface area contributed by atoms with Crippen LogP contribution in [0, 0.1) is 0 Å². The van der Waals surface area contributed by atoms with E-state index in [1.807, 2.05) is 7.05 Å². The van der Waals surface area contributed by atoms with Crippen LogP contribution in [0.2, 0.25) is 0 Å². The van der Waals surface area contributed by atoms with E-state index in [9.17, 15) is 0 Å². The fourth-order valence-electron chi connectivity index (χ4n) is 2.11. The van der Waals surface area contributed by atoms with Gasteiger partial charge in [0, 0.05) is 37.2 Å². The summed E-state index contributed by atoms with van der Waals surface area (Å²) in [7, 11) is 4.03. The van der Waals surface area contributed by atoms with E-state index in [-0.39, 0.29) is 0 Å². The van der Waals surface area contributed by atoms with E-state index in [1.165, 1.54) is 22.0 Å². The van der Waals surface area contributed by atoms with Gasteiger partial charge < -0.3 is 15.6 Å². The highest BCUT2D eigenvalue weighted by Gasteiger charge is 2.08. The van der Waals surface area contributed by atoms with Gasteiger partial charge in [0.1, 0.15) is 0 Å². The van der Waals surface area contributed by atoms with Crippen molar-refractivity contribution in [1.82, 2.24) is 9.88 Å². The van der Waals surface area contributed by atoms with E-state index >= 15 is 0 Å². The first-order valence-electron chi connectivity index (χ1n) is 5.18. The number of nitrogens with two attached hydrogens (primary N) is 1. The predicted molar refractivity (Wildman–Crippen MR) is 63.6 cm³/mol. The summed E-state index contributed by atoms with van der Waals surface area (Å²) in [5.74, 6) is 0. The lowest BCUT2D eigenvalue weighted by Crippen LogP contribution is -2.05. The number of benzene rings is 1. The van der Waals surface area contributed by atoms with Crippen molar-refractivity contribution in [3.63, 3.8) is 0 Å². The molecule has 0 radical (unpaired) electrons. The summed E-state index contributed by atoms with van der Waals surface area (Å²) in [4.78, 5) is 0. The van der Waals surface area contributed by atoms with Crippen molar-refractivity contribution in [1.29, 1.82) is 0 Å². The van der Waals surface area contributed by atoms with Crippen LogP contribution in [0.5, 0.6) is 0 Å². The summed E-state index contributed by atoms with van der Waals surface area (Å²) >= 11 is 0. The zero-order valence-electron chi connectivity index (χ0n) is 9.25. The van der Waals surface area contributed by atoms with E-state index in [2.05, 4.69) is 41.3 Å². The van der Waals surface area contributed by atoms with Crippen molar-refractivity contribution in [2.75, 3.05) is 7.05 Å². The third-order valence-electron chi connectivity index (χ3n) is 2.77. The number of nitrogens with one attached hydrogen (secondary N) is 1. The number of aryl methyl sites for hydroxylation is 1. The van der Waals surface area contributed by atoms with Crippen LogP contribution in [-0.2, 0) is 20.1 Å². The molecular formula is C12H17N3. The van der Waals surface area contributed by atoms with Crippen LogP contribution in [0.25, 0.3) is 10.9 Å². The number of fused-ring (bicyclic) bond motifs is 1. The molecule has 1 aromatic carbocycles. The molecular weight excluding hydrogens is 186 g/mol. The molecule has 15 heavy (non-hydrogen) atoms. The van der Waals surface area contributed by atoms with E-state index < -0.39 is 0 Å². The fourth-order valence-corrected chi connectivity index (χ4v) is 2.11. The van der Waals surface area contributed by atoms with Gasteiger partial charge in [0.05, 0.1) is 0 Å². The maximum Gasteiger partial charge on any atom is 0.0484 e. The minimum Gasteiger partial charge on any atom is -0.350 e. The van der Waals surface area contributed by atoms with Gasteiger partial charge in [-0.3, -0.25) is 0 Å². The van der Waals surface area contributed by atoms with Crippen molar-refractivity contribution in [3.05, 3.63) is 35.5 Å². The molecule has 0 atom stereocenters. The monoisotopic (exact) mass is 203 g/mol. The van der Waals surface area contributed by atoms with Gasteiger partial charge in [-0.05, 0) is 24.2 Å². The van der Waals surface area contributed by atoms with Crippen LogP contribution in [0.4, 0.5) is 0 Å². The summed E-state index contributed by atoms with van der Waals surface area (Å²) in [5.41, 5.74) is 9.55. The molecule has 0 saturated carbocycles. The molecule has 3 N–H and O–H groups in total. The van der Waals surface area contributed by atoms with Crippen LogP contribution in [0.3, 0.4) is 0 Å². The summed E-state index contributed by atoms with van der Waals surface area (Å²) in [6.07, 6.45) is 2.17. The lowest BCUT2D eigenvalue weighted by atomic mass is 10.1. The molecule has 0 amide bonds. The Bertz CT molecular complexity index is 471. The second-order valence-electron chi connectivity index (χ2n) is 3.81. The van der Waals surface area contributed by atoms with Crippen molar-refractivity contribution < 1.29 is 0 Å². The molecule has 0 unspecified atom stereocenters. The Morgan fingerprint density at radius 1 is 1.33 bits per heavy atom. The highest BCUT2D eigenvalue weighted by atomic mass is 14.9. The van der Waals surface area contributed by atoms with Crippen LogP contribution < -0.4 is 11.1 Å². The van der Waals surface area contributed by atoms with Crippen LogP contribution in [0.1, 0.15) is 11.1 Å². The van der Waals surface area contributed by atoms with E-state index in [1.54, 1.807) is 0 Å². The third-order valence-corrected chi connectivity index (χ3v) is 2.77. The molecule has 1 aromatic heterocycles. The Morgan fingerprint density at radius 3 is 2.80 bits per heavy atom. The van der Waals surface area contributed by atoms with Gasteiger partial charge in [0.2, 0.25) is 0 Å². The summed E-state index contributed by atoms with van der Waals surface area (Å²) in [5, 5.41) is 4.49. The first-order valence-corrected chi connectivity index (χ1v) is 5.18. The SMILES string of the molecule is CNCc1cn(C)c2cccc(CN)c12. The quantitative estimate of drug-likeness (QED) is 0.791. The molecule has 1 heterocycles. The summed E-state index contributed by atoms with van der Waals surface area (Å²) < 4.78 is 2.15. The highest BCUT2D eigenvalue weighted by Crippen LogP contribution is 2.24. The lowest BCUT2D eigenvalue weighted by molar-refractivity contribution is 0.815. The molecule has 3 nitrogen and oxygen atoms in total. The first kappa shape index (κ1) is 10.2. The molecule has 0 bridgehead atoms. The van der Waals surface area contributed by atoms with Crippen LogP contribution >= 0.6 is 0 Å². The largest absolute Gasteiger partial charge is 0.350 e. The molecule has 2 aromatic rings. The van der Waals surface area contributed by atoms with Gasteiger partial charge >= 0.3 is 0 Å². The molecule has 0 saturated heterocycles. The Labute approximate surface area is 89.9 Å². The predicted octanol–water partition coefficient (Wildman–Crippen LogP) is 1.36. The van der Waals surface area contributed by atoms with E-state index in [0.29, 0.717) is 6.54 Å². The molecule has 0 aliphatic carbocycles. The second-order valence-corrected chi connectivity index (χ2v) is 3.81. The Kier molecular flexibility index (Phi) is 2.75. The van der Waals surface area contributed by atoms with Crippen molar-refractivity contribution in [2.45, 2.75) is 13.1 Å². The van der Waals surface area contributed by atoms with Gasteiger partial charge in [0.25, 0.3) is 0 Å². The van der Waals surface area contributed by atoms with Gasteiger partial charge in [-0.1, -0.05) is 12.1 Å². The zero-order valence-corrected chi connectivity index (χ0v) is 9.25. The van der Waals surface area contributed by atoms with Crippen LogP contribution in [0.15, 0.2) is 24.4 Å². The van der Waals surface area contributed by atoms with Gasteiger partial charge in [-0.2, -0.15) is 0 Å². The molecule has 0 fully saturated rings. The Morgan fingerprint density at radius 2 is 2.13 bits per heavy atom. The summed E-state index contributed by atoms with van der Waals surface area (Å²) in [6.45, 7) is 1.48. The summed E-state index contributed by atoms with van der Waals surface area (Å²) in [6, 6.07) is 6.29. The fraction of sp³-hybridized carbons (Fsp3) is 0.333. The average Bonchev–Trinajstić information content (AvgIpc) is 2.57. The zero-order chi connectivity index (χ0) is 10.8. The number of nitrogens with zero attached hydrogens (tertiary/aromatic N) is 1. The topological polar surface area (TPSA) is 43.0 Å². The molecule has 80 valence electrons. The van der Waals surface area contributed by atoms with Crippen molar-refractivity contribution in [3.8, 4) is 0 Å². The number of hydrogen-bond acceptors (Lipinski definition) is 2. The Balaban J connectivity index is 2.70. The maximum atomic E-state index is 5.76. The van der Waals surface area contributed by atoms with Crippen LogP contribution in [-0.4, -0.2) is 11.6 Å². The standard InChI is InChI=1S/C12H17N3/c1-14-7-10-8-15(2)11-5-3-4-9(6-13)12(10)11/h3-5,8,14H,6-7,13H2,1-2H3. The second kappa shape index (κ2) is 4.04. The van der Waals surface area contributed by atoms with Crippen molar-refractivity contribution >= 4 is 10.9 Å². The molecule has 0 aliphatic rings. The average molecular weight is 203 g/mol. The van der Waals surface area contributed by atoms with Gasteiger partial charge in [-0.15, -0.1) is 0 Å². The maximum absolute atomic E-state index is 5.76. The number of aromatic nitrogens is 1.